The van der Waals surface area contributed by atoms with Crippen LogP contribution in [0.4, 0.5) is 0 Å². The number of rotatable bonds is 70. The van der Waals surface area contributed by atoms with E-state index in [0.29, 0.717) is 25.9 Å². The lowest BCUT2D eigenvalue weighted by atomic mass is 10.0. The van der Waals surface area contributed by atoms with Crippen LogP contribution >= 0.6 is 0 Å². The first-order chi connectivity index (χ1) is 39.0. The number of aliphatic hydroxyl groups excluding tert-OH is 2. The molecule has 0 aromatic carbocycles. The van der Waals surface area contributed by atoms with Crippen molar-refractivity contribution in [2.24, 2.45) is 0 Å². The molecule has 2 atom stereocenters. The Morgan fingerprint density at radius 2 is 0.519 bits per heavy atom. The smallest absolute Gasteiger partial charge is 0.305 e. The summed E-state index contributed by atoms with van der Waals surface area (Å²) in [4.78, 5) is 24.6. The third kappa shape index (κ3) is 65.9. The summed E-state index contributed by atoms with van der Waals surface area (Å²) < 4.78 is 5.49. The highest BCUT2D eigenvalue weighted by Gasteiger charge is 2.20. The summed E-state index contributed by atoms with van der Waals surface area (Å²) >= 11 is 0. The molecule has 0 radical (unpaired) electrons. The van der Waals surface area contributed by atoms with Crippen molar-refractivity contribution in [1.82, 2.24) is 5.32 Å². The summed E-state index contributed by atoms with van der Waals surface area (Å²) in [5.41, 5.74) is 0. The molecule has 0 heterocycles. The molecule has 79 heavy (non-hydrogen) atoms. The van der Waals surface area contributed by atoms with Crippen molar-refractivity contribution >= 4 is 11.9 Å². The molecule has 2 unspecified atom stereocenters. The zero-order valence-electron chi connectivity index (χ0n) is 54.2. The number of hydrogen-bond donors (Lipinski definition) is 3. The number of nitrogens with one attached hydrogen (secondary N) is 1. The van der Waals surface area contributed by atoms with Crippen LogP contribution in [0, 0.1) is 0 Å². The second-order valence-corrected chi connectivity index (χ2v) is 25.6. The topological polar surface area (TPSA) is 95.9 Å². The molecule has 1 amide bonds. The average molecular weight is 1120 g/mol. The van der Waals surface area contributed by atoms with Gasteiger partial charge in [0.15, 0.2) is 0 Å². The van der Waals surface area contributed by atoms with Crippen molar-refractivity contribution in [3.05, 3.63) is 0 Å². The molecule has 0 fully saturated rings. The lowest BCUT2D eigenvalue weighted by molar-refractivity contribution is -0.143. The maximum absolute atomic E-state index is 12.5. The third-order valence-electron chi connectivity index (χ3n) is 17.7. The molecule has 0 aromatic rings. The van der Waals surface area contributed by atoms with E-state index in [-0.39, 0.29) is 18.5 Å². The summed E-state index contributed by atoms with van der Waals surface area (Å²) in [5.74, 6) is -0.00351. The zero-order chi connectivity index (χ0) is 57.1. The molecule has 0 aliphatic rings. The first-order valence-corrected chi connectivity index (χ1v) is 36.8. The minimum atomic E-state index is -0.661. The number of hydrogen-bond acceptors (Lipinski definition) is 5. The number of amides is 1. The largest absolute Gasteiger partial charge is 0.466 e. The Hall–Kier alpha value is -1.14. The van der Waals surface area contributed by atoms with Crippen LogP contribution in [-0.2, 0) is 14.3 Å². The number of ether oxygens (including phenoxy) is 1. The fourth-order valence-corrected chi connectivity index (χ4v) is 12.1. The van der Waals surface area contributed by atoms with Gasteiger partial charge in [0.2, 0.25) is 5.91 Å². The zero-order valence-corrected chi connectivity index (χ0v) is 54.2. The van der Waals surface area contributed by atoms with Crippen LogP contribution in [0.25, 0.3) is 0 Å². The van der Waals surface area contributed by atoms with Crippen LogP contribution in [0.2, 0.25) is 0 Å². The van der Waals surface area contributed by atoms with E-state index in [1.807, 2.05) is 0 Å². The number of aliphatic hydroxyl groups is 2. The molecule has 472 valence electrons. The minimum Gasteiger partial charge on any atom is -0.466 e. The Balaban J connectivity index is 3.33. The first-order valence-electron chi connectivity index (χ1n) is 36.8. The van der Waals surface area contributed by atoms with Crippen molar-refractivity contribution in [1.29, 1.82) is 0 Å². The van der Waals surface area contributed by atoms with Crippen LogP contribution in [-0.4, -0.2) is 47.4 Å². The molecule has 0 rings (SSSR count). The predicted molar refractivity (Wildman–Crippen MR) is 347 cm³/mol. The molecule has 0 aromatic heterocycles. The summed E-state index contributed by atoms with van der Waals surface area (Å²) in [6.07, 6.45) is 84.5. The molecule has 0 saturated heterocycles. The van der Waals surface area contributed by atoms with Gasteiger partial charge in [-0.15, -0.1) is 0 Å². The van der Waals surface area contributed by atoms with Gasteiger partial charge in [0.1, 0.15) is 0 Å². The fraction of sp³-hybridized carbons (Fsp3) is 0.973. The minimum absolute atomic E-state index is 0.0221. The Morgan fingerprint density at radius 1 is 0.304 bits per heavy atom. The molecule has 0 saturated carbocycles. The second kappa shape index (κ2) is 69.4. The molecule has 0 spiro atoms. The quantitative estimate of drug-likeness (QED) is 0.0417. The highest BCUT2D eigenvalue weighted by Crippen LogP contribution is 2.20. The molecular weight excluding hydrogens is 971 g/mol. The SMILES string of the molecule is CCCCCCCCCCCCCCCCCCCCCCC(O)C(CO)NC(=O)CCCCCCCCCCCCCCCCCCCCCCCCCCCCCCCCOC(=O)CCCCCCCCCCCCCC. The van der Waals surface area contributed by atoms with Crippen molar-refractivity contribution in [3.63, 3.8) is 0 Å². The van der Waals surface area contributed by atoms with Crippen LogP contribution in [0.1, 0.15) is 431 Å². The van der Waals surface area contributed by atoms with Crippen LogP contribution in [0.15, 0.2) is 0 Å². The third-order valence-corrected chi connectivity index (χ3v) is 17.7. The fourth-order valence-electron chi connectivity index (χ4n) is 12.1. The number of esters is 1. The monoisotopic (exact) mass is 1120 g/mol. The van der Waals surface area contributed by atoms with Crippen LogP contribution < -0.4 is 5.32 Å². The van der Waals surface area contributed by atoms with Gasteiger partial charge in [0.05, 0.1) is 25.4 Å². The van der Waals surface area contributed by atoms with Crippen molar-refractivity contribution < 1.29 is 24.5 Å². The number of unbranched alkanes of at least 4 members (excludes halogenated alkanes) is 59. The van der Waals surface area contributed by atoms with Crippen LogP contribution in [0.5, 0.6) is 0 Å². The van der Waals surface area contributed by atoms with Crippen molar-refractivity contribution in [2.75, 3.05) is 13.2 Å². The van der Waals surface area contributed by atoms with Gasteiger partial charge < -0.3 is 20.3 Å². The van der Waals surface area contributed by atoms with Crippen molar-refractivity contribution in [2.45, 2.75) is 443 Å². The number of carbonyl (C=O) groups is 2. The highest BCUT2D eigenvalue weighted by atomic mass is 16.5. The Bertz CT molecular complexity index is 1150. The van der Waals surface area contributed by atoms with Gasteiger partial charge in [-0.25, -0.2) is 0 Å². The maximum Gasteiger partial charge on any atom is 0.305 e. The van der Waals surface area contributed by atoms with E-state index in [1.54, 1.807) is 0 Å². The predicted octanol–water partition coefficient (Wildman–Crippen LogP) is 23.8. The maximum atomic E-state index is 12.5. The molecule has 0 aliphatic heterocycles. The summed E-state index contributed by atoms with van der Waals surface area (Å²) in [6.45, 7) is 5.01. The van der Waals surface area contributed by atoms with E-state index in [9.17, 15) is 19.8 Å². The average Bonchev–Trinajstić information content (AvgIpc) is 3.45. The van der Waals surface area contributed by atoms with Crippen LogP contribution in [0.3, 0.4) is 0 Å². The first kappa shape index (κ1) is 77.9. The molecule has 3 N–H and O–H groups in total. The van der Waals surface area contributed by atoms with E-state index in [2.05, 4.69) is 19.2 Å². The van der Waals surface area contributed by atoms with E-state index in [1.165, 1.54) is 360 Å². The lowest BCUT2D eigenvalue weighted by Crippen LogP contribution is -2.45. The molecular formula is C73H145NO5. The van der Waals surface area contributed by atoms with Crippen molar-refractivity contribution in [3.8, 4) is 0 Å². The standard InChI is InChI=1S/C73H145NO5/c1-3-5-7-9-11-13-15-17-18-19-20-33-36-39-42-45-49-53-57-61-65-71(76)70(69-75)74-72(77)66-62-58-54-50-46-43-40-37-34-31-29-27-25-23-21-22-24-26-28-30-32-35-38-41-44-48-52-56-60-64-68-79-73(78)67-63-59-55-51-47-16-14-12-10-8-6-4-2/h70-71,75-76H,3-69H2,1-2H3,(H,74,77). The van der Waals surface area contributed by atoms with Gasteiger partial charge in [-0.3, -0.25) is 9.59 Å². The van der Waals surface area contributed by atoms with Gasteiger partial charge in [0, 0.05) is 12.8 Å². The Labute approximate surface area is 496 Å². The molecule has 0 aliphatic carbocycles. The van der Waals surface area contributed by atoms with Gasteiger partial charge >= 0.3 is 5.97 Å². The summed E-state index contributed by atoms with van der Waals surface area (Å²) in [5, 5.41) is 23.4. The van der Waals surface area contributed by atoms with E-state index in [4.69, 9.17) is 4.74 Å². The van der Waals surface area contributed by atoms with E-state index in [0.717, 1.165) is 38.5 Å². The van der Waals surface area contributed by atoms with Gasteiger partial charge in [-0.2, -0.15) is 0 Å². The molecule has 6 heteroatoms. The van der Waals surface area contributed by atoms with E-state index < -0.39 is 12.1 Å². The summed E-state index contributed by atoms with van der Waals surface area (Å²) in [7, 11) is 0. The number of carbonyl (C=O) groups excluding carboxylic acids is 2. The summed E-state index contributed by atoms with van der Waals surface area (Å²) in [6, 6.07) is -0.538. The second-order valence-electron chi connectivity index (χ2n) is 25.6. The molecule has 0 bridgehead atoms. The Kier molecular flexibility index (Phi) is 68.4. The lowest BCUT2D eigenvalue weighted by Gasteiger charge is -2.22. The van der Waals surface area contributed by atoms with Gasteiger partial charge in [-0.1, -0.05) is 393 Å². The molecule has 6 nitrogen and oxygen atoms in total. The Morgan fingerprint density at radius 3 is 0.772 bits per heavy atom. The van der Waals surface area contributed by atoms with Gasteiger partial charge in [0.25, 0.3) is 0 Å². The highest BCUT2D eigenvalue weighted by molar-refractivity contribution is 5.76. The van der Waals surface area contributed by atoms with Gasteiger partial charge in [-0.05, 0) is 25.7 Å². The normalized spacial score (nSPS) is 12.4. The van der Waals surface area contributed by atoms with E-state index >= 15 is 0 Å².